The van der Waals surface area contributed by atoms with Crippen LogP contribution in [-0.4, -0.2) is 41.0 Å². The Labute approximate surface area is 198 Å². The molecule has 2 heterocycles. The van der Waals surface area contributed by atoms with Crippen molar-refractivity contribution in [1.29, 1.82) is 0 Å². The first-order chi connectivity index (χ1) is 16.6. The van der Waals surface area contributed by atoms with Gasteiger partial charge in [0.2, 0.25) is 5.91 Å². The number of hydrogen-bond donors (Lipinski definition) is 2. The number of rotatable bonds is 9. The van der Waals surface area contributed by atoms with Crippen LogP contribution in [0.1, 0.15) is 23.1 Å². The molecular formula is C27H28F2N4O. The first-order valence-corrected chi connectivity index (χ1v) is 11.4. The second-order valence-electron chi connectivity index (χ2n) is 8.41. The van der Waals surface area contributed by atoms with Gasteiger partial charge in [-0.1, -0.05) is 54.6 Å². The summed E-state index contributed by atoms with van der Waals surface area (Å²) in [6, 6.07) is 17.0. The highest BCUT2D eigenvalue weighted by molar-refractivity contribution is 5.82. The van der Waals surface area contributed by atoms with E-state index >= 15 is 0 Å². The molecule has 2 aromatic carbocycles. The molecule has 1 saturated heterocycles. The topological polar surface area (TPSA) is 57.3 Å². The fourth-order valence-electron chi connectivity index (χ4n) is 4.14. The van der Waals surface area contributed by atoms with Crippen LogP contribution in [0.3, 0.4) is 0 Å². The Morgan fingerprint density at radius 1 is 1.09 bits per heavy atom. The lowest BCUT2D eigenvalue weighted by Gasteiger charge is -2.22. The van der Waals surface area contributed by atoms with Gasteiger partial charge in [-0.3, -0.25) is 14.7 Å². The normalized spacial score (nSPS) is 18.4. The quantitative estimate of drug-likeness (QED) is 0.506. The second kappa shape index (κ2) is 11.6. The minimum Gasteiger partial charge on any atom is -0.351 e. The number of carbonyl (C=O) groups excluding carboxylic acids is 1. The molecule has 1 fully saturated rings. The maximum Gasteiger partial charge on any atom is 0.237 e. The van der Waals surface area contributed by atoms with E-state index in [-0.39, 0.29) is 24.5 Å². The van der Waals surface area contributed by atoms with E-state index in [1.165, 1.54) is 12.1 Å². The molecule has 3 aromatic rings. The number of nitrogens with one attached hydrogen (secondary N) is 2. The van der Waals surface area contributed by atoms with Crippen molar-refractivity contribution < 1.29 is 13.6 Å². The molecule has 0 aliphatic carbocycles. The van der Waals surface area contributed by atoms with Gasteiger partial charge in [0.25, 0.3) is 0 Å². The molecule has 2 atom stereocenters. The Kier molecular flexibility index (Phi) is 8.12. The number of carbonyl (C=O) groups is 1. The number of nitrogens with zero attached hydrogens (tertiary/aromatic N) is 2. The summed E-state index contributed by atoms with van der Waals surface area (Å²) in [4.78, 5) is 19.3. The number of halogens is 2. The van der Waals surface area contributed by atoms with Crippen LogP contribution < -0.4 is 10.6 Å². The van der Waals surface area contributed by atoms with E-state index < -0.39 is 11.6 Å². The van der Waals surface area contributed by atoms with Crippen molar-refractivity contribution in [3.63, 3.8) is 0 Å². The summed E-state index contributed by atoms with van der Waals surface area (Å²) in [6.07, 6.45) is 8.12. The Bertz CT molecular complexity index is 1110. The molecule has 34 heavy (non-hydrogen) atoms. The van der Waals surface area contributed by atoms with Crippen molar-refractivity contribution in [2.45, 2.75) is 31.6 Å². The van der Waals surface area contributed by atoms with Crippen LogP contribution >= 0.6 is 0 Å². The molecule has 7 heteroatoms. The van der Waals surface area contributed by atoms with Gasteiger partial charge in [-0.15, -0.1) is 0 Å². The Morgan fingerprint density at radius 2 is 1.94 bits per heavy atom. The molecule has 0 radical (unpaired) electrons. The third-order valence-corrected chi connectivity index (χ3v) is 5.94. The van der Waals surface area contributed by atoms with Gasteiger partial charge in [0, 0.05) is 56.2 Å². The largest absolute Gasteiger partial charge is 0.351 e. The Balaban J connectivity index is 1.39. The summed E-state index contributed by atoms with van der Waals surface area (Å²) >= 11 is 0. The van der Waals surface area contributed by atoms with E-state index in [2.05, 4.69) is 26.6 Å². The molecule has 2 N–H and O–H groups in total. The highest BCUT2D eigenvalue weighted by atomic mass is 19.1. The minimum absolute atomic E-state index is 0.00344. The molecule has 0 unspecified atom stereocenters. The monoisotopic (exact) mass is 462 g/mol. The molecular weight excluding hydrogens is 434 g/mol. The van der Waals surface area contributed by atoms with Crippen molar-refractivity contribution in [3.05, 3.63) is 107 Å². The van der Waals surface area contributed by atoms with Gasteiger partial charge in [0.1, 0.15) is 11.6 Å². The molecule has 1 aliphatic heterocycles. The maximum absolute atomic E-state index is 14.0. The SMILES string of the molecule is O=C(NCc1cccnc1)[C@@H]1C[C@H](NCc2ccc(F)cc2F)CN1C/C=C/c1ccccc1. The van der Waals surface area contributed by atoms with Crippen molar-refractivity contribution in [3.8, 4) is 0 Å². The summed E-state index contributed by atoms with van der Waals surface area (Å²) < 4.78 is 27.2. The van der Waals surface area contributed by atoms with Crippen LogP contribution in [0.4, 0.5) is 8.78 Å². The molecule has 1 aliphatic rings. The van der Waals surface area contributed by atoms with E-state index in [9.17, 15) is 13.6 Å². The van der Waals surface area contributed by atoms with E-state index in [4.69, 9.17) is 0 Å². The van der Waals surface area contributed by atoms with Gasteiger partial charge < -0.3 is 10.6 Å². The van der Waals surface area contributed by atoms with Crippen LogP contribution in [0, 0.1) is 11.6 Å². The Hall–Kier alpha value is -3.42. The van der Waals surface area contributed by atoms with Crippen LogP contribution in [0.25, 0.3) is 6.08 Å². The van der Waals surface area contributed by atoms with E-state index in [1.54, 1.807) is 12.4 Å². The zero-order chi connectivity index (χ0) is 23.8. The van der Waals surface area contributed by atoms with Gasteiger partial charge in [0.05, 0.1) is 6.04 Å². The number of amides is 1. The predicted molar refractivity (Wildman–Crippen MR) is 129 cm³/mol. The summed E-state index contributed by atoms with van der Waals surface area (Å²) in [5, 5.41) is 6.35. The lowest BCUT2D eigenvalue weighted by atomic mass is 10.1. The van der Waals surface area contributed by atoms with Crippen molar-refractivity contribution in [1.82, 2.24) is 20.5 Å². The molecule has 1 amide bonds. The van der Waals surface area contributed by atoms with Crippen LogP contribution in [0.2, 0.25) is 0 Å². The molecule has 4 rings (SSSR count). The number of hydrogen-bond acceptors (Lipinski definition) is 4. The smallest absolute Gasteiger partial charge is 0.237 e. The summed E-state index contributed by atoms with van der Waals surface area (Å²) in [7, 11) is 0. The van der Waals surface area contributed by atoms with E-state index in [1.807, 2.05) is 48.5 Å². The molecule has 0 bridgehead atoms. The number of benzene rings is 2. The predicted octanol–water partition coefficient (Wildman–Crippen LogP) is 3.92. The van der Waals surface area contributed by atoms with Crippen LogP contribution in [-0.2, 0) is 17.9 Å². The molecule has 5 nitrogen and oxygen atoms in total. The zero-order valence-electron chi connectivity index (χ0n) is 18.8. The third-order valence-electron chi connectivity index (χ3n) is 5.94. The number of likely N-dealkylation sites (tertiary alicyclic amines) is 1. The van der Waals surface area contributed by atoms with E-state index in [0.717, 1.165) is 17.2 Å². The number of pyridine rings is 1. The molecule has 0 saturated carbocycles. The highest BCUT2D eigenvalue weighted by Crippen LogP contribution is 2.20. The van der Waals surface area contributed by atoms with Gasteiger partial charge in [-0.25, -0.2) is 8.78 Å². The summed E-state index contributed by atoms with van der Waals surface area (Å²) in [5.74, 6) is -1.21. The average molecular weight is 463 g/mol. The minimum atomic E-state index is -0.594. The summed E-state index contributed by atoms with van der Waals surface area (Å²) in [6.45, 7) is 1.94. The Morgan fingerprint density at radius 3 is 2.71 bits per heavy atom. The van der Waals surface area contributed by atoms with Crippen LogP contribution in [0.5, 0.6) is 0 Å². The average Bonchev–Trinajstić information content (AvgIpc) is 3.26. The standard InChI is InChI=1S/C27H28F2N4O/c28-23-11-10-22(25(29)14-23)18-31-24-15-26(27(34)32-17-21-8-4-12-30-16-21)33(19-24)13-5-9-20-6-2-1-3-7-20/h1-12,14,16,24,26,31H,13,15,17-19H2,(H,32,34)/b9-5+/t24-,26-/m0/s1. The highest BCUT2D eigenvalue weighted by Gasteiger charge is 2.35. The molecule has 176 valence electrons. The van der Waals surface area contributed by atoms with Gasteiger partial charge in [-0.2, -0.15) is 0 Å². The van der Waals surface area contributed by atoms with Crippen molar-refractivity contribution in [2.75, 3.05) is 13.1 Å². The lowest BCUT2D eigenvalue weighted by molar-refractivity contribution is -0.125. The maximum atomic E-state index is 14.0. The first kappa shape index (κ1) is 23.7. The first-order valence-electron chi connectivity index (χ1n) is 11.4. The zero-order valence-corrected chi connectivity index (χ0v) is 18.8. The molecule has 0 spiro atoms. The van der Waals surface area contributed by atoms with Gasteiger partial charge in [0.15, 0.2) is 0 Å². The van der Waals surface area contributed by atoms with Gasteiger partial charge >= 0.3 is 0 Å². The van der Waals surface area contributed by atoms with E-state index in [0.29, 0.717) is 31.6 Å². The van der Waals surface area contributed by atoms with Crippen molar-refractivity contribution >= 4 is 12.0 Å². The second-order valence-corrected chi connectivity index (χ2v) is 8.41. The fraction of sp³-hybridized carbons (Fsp3) is 0.259. The van der Waals surface area contributed by atoms with Crippen LogP contribution in [0.15, 0.2) is 79.1 Å². The number of aromatic nitrogens is 1. The van der Waals surface area contributed by atoms with Gasteiger partial charge in [-0.05, 0) is 29.7 Å². The summed E-state index contributed by atoms with van der Waals surface area (Å²) in [5.41, 5.74) is 2.44. The fourth-order valence-corrected chi connectivity index (χ4v) is 4.14. The van der Waals surface area contributed by atoms with Crippen molar-refractivity contribution in [2.24, 2.45) is 0 Å². The third kappa shape index (κ3) is 6.56. The molecule has 1 aromatic heterocycles. The lowest BCUT2D eigenvalue weighted by Crippen LogP contribution is -2.43.